The quantitative estimate of drug-likeness (QED) is 0.293. The minimum Gasteiger partial charge on any atom is -0.490 e. The average Bonchev–Trinajstić information content (AvgIpc) is 2.73. The van der Waals surface area contributed by atoms with Crippen molar-refractivity contribution >= 4 is 11.4 Å². The number of para-hydroxylation sites is 1. The molecule has 3 nitrogen and oxygen atoms in total. The number of carbonyl (C=O) groups is 1. The molecule has 4 heteroatoms. The van der Waals surface area contributed by atoms with E-state index in [1.54, 1.807) is 6.08 Å². The van der Waals surface area contributed by atoms with Gasteiger partial charge in [-0.25, -0.2) is 4.39 Å². The highest BCUT2D eigenvalue weighted by molar-refractivity contribution is 6.08. The summed E-state index contributed by atoms with van der Waals surface area (Å²) in [5.74, 6) is 1.03. The molecule has 0 saturated carbocycles. The van der Waals surface area contributed by atoms with Gasteiger partial charge in [0.25, 0.3) is 0 Å². The van der Waals surface area contributed by atoms with Gasteiger partial charge in [0.2, 0.25) is 0 Å². The van der Waals surface area contributed by atoms with Crippen molar-refractivity contribution in [3.63, 3.8) is 0 Å². The van der Waals surface area contributed by atoms with Gasteiger partial charge in [0.05, 0.1) is 0 Å². The number of ether oxygens (including phenoxy) is 2. The van der Waals surface area contributed by atoms with Crippen LogP contribution in [0.5, 0.6) is 11.5 Å². The third kappa shape index (κ3) is 5.55. The Balaban J connectivity index is 1.52. The first kappa shape index (κ1) is 19.4. The maximum atomic E-state index is 13.0. The molecule has 0 heterocycles. The molecule has 0 fully saturated rings. The number of carbonyl (C=O) groups excluding carboxylic acids is 1. The molecule has 0 N–H and O–H groups in total. The highest BCUT2D eigenvalue weighted by Crippen LogP contribution is 2.19. The van der Waals surface area contributed by atoms with Crippen LogP contribution in [0.3, 0.4) is 0 Å². The standard InChI is InChI=1S/C24H21FO3/c1-18(17-24(26)20-7-11-21(25)12-8-20)19-9-13-23(14-10-19)28-16-15-27-22-5-3-2-4-6-22/h2-14,17H,15-16H2,1H3/b18-17+. The molecular weight excluding hydrogens is 355 g/mol. The summed E-state index contributed by atoms with van der Waals surface area (Å²) in [5.41, 5.74) is 2.20. The zero-order chi connectivity index (χ0) is 19.8. The van der Waals surface area contributed by atoms with Gasteiger partial charge in [0.15, 0.2) is 5.78 Å². The number of ketones is 1. The molecule has 0 atom stereocenters. The second kappa shape index (κ2) is 9.51. The van der Waals surface area contributed by atoms with Crippen molar-refractivity contribution < 1.29 is 18.7 Å². The summed E-state index contributed by atoms with van der Waals surface area (Å²) in [6.45, 7) is 2.76. The first-order valence-corrected chi connectivity index (χ1v) is 9.01. The van der Waals surface area contributed by atoms with Crippen LogP contribution in [0.2, 0.25) is 0 Å². The average molecular weight is 376 g/mol. The van der Waals surface area contributed by atoms with Gasteiger partial charge in [-0.05, 0) is 72.7 Å². The largest absolute Gasteiger partial charge is 0.490 e. The lowest BCUT2D eigenvalue weighted by Gasteiger charge is -2.09. The van der Waals surface area contributed by atoms with Crippen LogP contribution in [-0.2, 0) is 0 Å². The van der Waals surface area contributed by atoms with E-state index in [4.69, 9.17) is 9.47 Å². The van der Waals surface area contributed by atoms with Crippen molar-refractivity contribution in [3.05, 3.63) is 102 Å². The fourth-order valence-electron chi connectivity index (χ4n) is 2.63. The molecule has 0 aliphatic heterocycles. The van der Waals surface area contributed by atoms with Crippen LogP contribution < -0.4 is 9.47 Å². The van der Waals surface area contributed by atoms with Crippen LogP contribution in [0, 0.1) is 5.82 Å². The molecule has 0 saturated heterocycles. The van der Waals surface area contributed by atoms with Crippen LogP contribution in [0.25, 0.3) is 5.57 Å². The Labute approximate surface area is 164 Å². The van der Waals surface area contributed by atoms with Crippen molar-refractivity contribution in [2.75, 3.05) is 13.2 Å². The molecule has 0 unspecified atom stereocenters. The first-order valence-electron chi connectivity index (χ1n) is 9.01. The lowest BCUT2D eigenvalue weighted by atomic mass is 10.0. The van der Waals surface area contributed by atoms with Gasteiger partial charge in [-0.1, -0.05) is 30.3 Å². The van der Waals surface area contributed by atoms with E-state index in [0.29, 0.717) is 18.8 Å². The zero-order valence-electron chi connectivity index (χ0n) is 15.6. The molecule has 3 aromatic rings. The fourth-order valence-corrected chi connectivity index (χ4v) is 2.63. The monoisotopic (exact) mass is 376 g/mol. The van der Waals surface area contributed by atoms with E-state index in [1.807, 2.05) is 61.5 Å². The fraction of sp³-hybridized carbons (Fsp3) is 0.125. The van der Waals surface area contributed by atoms with Crippen molar-refractivity contribution in [2.45, 2.75) is 6.92 Å². The molecule has 28 heavy (non-hydrogen) atoms. The van der Waals surface area contributed by atoms with E-state index >= 15 is 0 Å². The SMILES string of the molecule is C/C(=C\C(=O)c1ccc(F)cc1)c1ccc(OCCOc2ccccc2)cc1. The topological polar surface area (TPSA) is 35.5 Å². The minimum atomic E-state index is -0.359. The maximum absolute atomic E-state index is 13.0. The van der Waals surface area contributed by atoms with Crippen molar-refractivity contribution in [1.29, 1.82) is 0 Å². The van der Waals surface area contributed by atoms with Gasteiger partial charge in [-0.15, -0.1) is 0 Å². The third-order valence-electron chi connectivity index (χ3n) is 4.15. The summed E-state index contributed by atoms with van der Waals surface area (Å²) in [4.78, 5) is 12.3. The van der Waals surface area contributed by atoms with Crippen LogP contribution >= 0.6 is 0 Å². The molecular formula is C24H21FO3. The first-order chi connectivity index (χ1) is 13.6. The number of allylic oxidation sites excluding steroid dienone is 2. The predicted octanol–water partition coefficient (Wildman–Crippen LogP) is 5.57. The summed E-state index contributed by atoms with van der Waals surface area (Å²) >= 11 is 0. The smallest absolute Gasteiger partial charge is 0.186 e. The van der Waals surface area contributed by atoms with Gasteiger partial charge in [-0.2, -0.15) is 0 Å². The summed E-state index contributed by atoms with van der Waals surface area (Å²) in [6.07, 6.45) is 1.55. The molecule has 0 amide bonds. The molecule has 0 aliphatic carbocycles. The Morgan fingerprint density at radius 3 is 1.93 bits per heavy atom. The Hall–Kier alpha value is -3.40. The van der Waals surface area contributed by atoms with Gasteiger partial charge >= 0.3 is 0 Å². The normalized spacial score (nSPS) is 11.1. The predicted molar refractivity (Wildman–Crippen MR) is 108 cm³/mol. The Bertz CT molecular complexity index is 930. The molecule has 0 aliphatic rings. The van der Waals surface area contributed by atoms with Gasteiger partial charge < -0.3 is 9.47 Å². The van der Waals surface area contributed by atoms with Crippen molar-refractivity contribution in [1.82, 2.24) is 0 Å². The molecule has 0 spiro atoms. The molecule has 0 aromatic heterocycles. The second-order valence-electron chi connectivity index (χ2n) is 6.23. The van der Waals surface area contributed by atoms with Crippen molar-refractivity contribution in [2.24, 2.45) is 0 Å². The summed E-state index contributed by atoms with van der Waals surface area (Å²) < 4.78 is 24.2. The lowest BCUT2D eigenvalue weighted by Crippen LogP contribution is -2.08. The van der Waals surface area contributed by atoms with Gasteiger partial charge in [-0.3, -0.25) is 4.79 Å². The zero-order valence-corrected chi connectivity index (χ0v) is 15.6. The van der Waals surface area contributed by atoms with Crippen LogP contribution in [0.15, 0.2) is 84.9 Å². The van der Waals surface area contributed by atoms with E-state index in [9.17, 15) is 9.18 Å². The highest BCUT2D eigenvalue weighted by atomic mass is 19.1. The van der Waals surface area contributed by atoms with E-state index in [2.05, 4.69) is 0 Å². The summed E-state index contributed by atoms with van der Waals surface area (Å²) in [7, 11) is 0. The van der Waals surface area contributed by atoms with Crippen LogP contribution in [-0.4, -0.2) is 19.0 Å². The number of halogens is 1. The van der Waals surface area contributed by atoms with E-state index in [1.165, 1.54) is 24.3 Å². The molecule has 3 aromatic carbocycles. The minimum absolute atomic E-state index is 0.157. The Kier molecular flexibility index (Phi) is 6.58. The Morgan fingerprint density at radius 2 is 1.32 bits per heavy atom. The molecule has 0 radical (unpaired) electrons. The number of rotatable bonds is 8. The van der Waals surface area contributed by atoms with Crippen LogP contribution in [0.1, 0.15) is 22.8 Å². The van der Waals surface area contributed by atoms with E-state index < -0.39 is 0 Å². The molecule has 142 valence electrons. The van der Waals surface area contributed by atoms with Gasteiger partial charge in [0.1, 0.15) is 30.5 Å². The number of benzene rings is 3. The third-order valence-corrected chi connectivity index (χ3v) is 4.15. The number of hydrogen-bond acceptors (Lipinski definition) is 3. The van der Waals surface area contributed by atoms with Gasteiger partial charge in [0, 0.05) is 5.56 Å². The maximum Gasteiger partial charge on any atom is 0.186 e. The number of hydrogen-bond donors (Lipinski definition) is 0. The van der Waals surface area contributed by atoms with Crippen molar-refractivity contribution in [3.8, 4) is 11.5 Å². The highest BCUT2D eigenvalue weighted by Gasteiger charge is 2.05. The lowest BCUT2D eigenvalue weighted by molar-refractivity contribution is 0.104. The Morgan fingerprint density at radius 1 is 0.786 bits per heavy atom. The van der Waals surface area contributed by atoms with E-state index in [0.717, 1.165) is 22.6 Å². The summed E-state index contributed by atoms with van der Waals surface area (Å²) in [5, 5.41) is 0. The van der Waals surface area contributed by atoms with Crippen LogP contribution in [0.4, 0.5) is 4.39 Å². The molecule has 0 bridgehead atoms. The molecule has 3 rings (SSSR count). The van der Waals surface area contributed by atoms with E-state index in [-0.39, 0.29) is 11.6 Å². The second-order valence-corrected chi connectivity index (χ2v) is 6.23. The summed E-state index contributed by atoms with van der Waals surface area (Å²) in [6, 6.07) is 22.6.